The van der Waals surface area contributed by atoms with Gasteiger partial charge in [-0.15, -0.1) is 0 Å². The summed E-state index contributed by atoms with van der Waals surface area (Å²) in [5, 5.41) is 0. The van der Waals surface area contributed by atoms with Crippen molar-refractivity contribution in [3.63, 3.8) is 0 Å². The number of benzene rings is 3. The van der Waals surface area contributed by atoms with E-state index in [1.54, 1.807) is 18.2 Å². The molecule has 206 valence electrons. The Morgan fingerprint density at radius 2 is 1.67 bits per heavy atom. The molecule has 3 fully saturated rings. The molecule has 0 radical (unpaired) electrons. The number of anilines is 1. The van der Waals surface area contributed by atoms with E-state index < -0.39 is 23.5 Å². The zero-order valence-electron chi connectivity index (χ0n) is 21.5. The molecule has 0 aliphatic carbocycles. The number of nitrogens with zero attached hydrogens (tertiary/aromatic N) is 2. The van der Waals surface area contributed by atoms with E-state index in [1.165, 1.54) is 41.3 Å². The summed E-state index contributed by atoms with van der Waals surface area (Å²) in [6.45, 7) is 3.92. The largest absolute Gasteiger partial charge is 0.493 e. The smallest absolute Gasteiger partial charge is 0.415 e. The van der Waals surface area contributed by atoms with Gasteiger partial charge in [-0.05, 0) is 48.0 Å². The topological polar surface area (TPSA) is 38.8 Å². The van der Waals surface area contributed by atoms with Gasteiger partial charge in [0.1, 0.15) is 23.9 Å². The Morgan fingerprint density at radius 3 is 2.38 bits per heavy atom. The Morgan fingerprint density at radius 1 is 0.897 bits per heavy atom. The number of carbonyl (C=O) groups is 1. The standard InChI is InChI=1S/C30H31F4N2O3/c31-23-7-5-21(6-8-23)19-35(25-4-1-3-24(32)17-25)30(37)39-29-20-36(14-11-22(29)12-15-36)13-2-16-38-26-9-10-27(33)28(34)18-26/h1,3-10,17-18,22,29H,2,11-16,19-20H2/q+1/t22?,29-,36?/m0/s1. The second-order valence-corrected chi connectivity index (χ2v) is 10.4. The zero-order chi connectivity index (χ0) is 27.4. The first kappa shape index (κ1) is 27.0. The Kier molecular flexibility index (Phi) is 8.07. The molecule has 3 aliphatic heterocycles. The summed E-state index contributed by atoms with van der Waals surface area (Å²) in [4.78, 5) is 14.8. The van der Waals surface area contributed by atoms with Gasteiger partial charge in [0.05, 0.1) is 38.5 Å². The lowest BCUT2D eigenvalue weighted by Crippen LogP contribution is -2.65. The fourth-order valence-corrected chi connectivity index (χ4v) is 5.70. The van der Waals surface area contributed by atoms with E-state index in [4.69, 9.17) is 9.47 Å². The molecule has 0 spiro atoms. The lowest BCUT2D eigenvalue weighted by atomic mass is 9.83. The average molecular weight is 544 g/mol. The van der Waals surface area contributed by atoms with Crippen LogP contribution in [0.3, 0.4) is 0 Å². The second kappa shape index (κ2) is 11.7. The Bertz CT molecular complexity index is 1300. The van der Waals surface area contributed by atoms with Crippen molar-refractivity contribution in [2.45, 2.75) is 31.9 Å². The van der Waals surface area contributed by atoms with Gasteiger partial charge in [0.2, 0.25) is 0 Å². The maximum atomic E-state index is 14.0. The summed E-state index contributed by atoms with van der Waals surface area (Å²) in [6, 6.07) is 15.1. The summed E-state index contributed by atoms with van der Waals surface area (Å²) in [7, 11) is 0. The Balaban J connectivity index is 1.22. The van der Waals surface area contributed by atoms with E-state index in [2.05, 4.69) is 0 Å². The first-order chi connectivity index (χ1) is 18.8. The normalized spacial score (nSPS) is 21.9. The highest BCUT2D eigenvalue weighted by molar-refractivity contribution is 5.87. The molecule has 39 heavy (non-hydrogen) atoms. The van der Waals surface area contributed by atoms with Crippen LogP contribution in [0.15, 0.2) is 66.7 Å². The third kappa shape index (κ3) is 6.53. The van der Waals surface area contributed by atoms with Gasteiger partial charge in [0, 0.05) is 31.2 Å². The van der Waals surface area contributed by atoms with E-state index in [-0.39, 0.29) is 30.1 Å². The molecule has 3 saturated heterocycles. The van der Waals surface area contributed by atoms with Crippen molar-refractivity contribution in [1.29, 1.82) is 0 Å². The van der Waals surface area contributed by atoms with Crippen LogP contribution in [0.2, 0.25) is 0 Å². The van der Waals surface area contributed by atoms with E-state index >= 15 is 0 Å². The van der Waals surface area contributed by atoms with E-state index in [0.717, 1.165) is 49.1 Å². The summed E-state index contributed by atoms with van der Waals surface area (Å²) in [5.41, 5.74) is 1.06. The van der Waals surface area contributed by atoms with Crippen molar-refractivity contribution in [3.05, 3.63) is 95.6 Å². The summed E-state index contributed by atoms with van der Waals surface area (Å²) in [6.07, 6.45) is 1.73. The van der Waals surface area contributed by atoms with E-state index in [1.807, 2.05) is 0 Å². The third-order valence-corrected chi connectivity index (χ3v) is 7.82. The van der Waals surface area contributed by atoms with E-state index in [0.29, 0.717) is 30.8 Å². The minimum absolute atomic E-state index is 0.112. The number of hydrogen-bond acceptors (Lipinski definition) is 3. The number of halogens is 4. The Labute approximate surface area is 225 Å². The molecule has 1 atom stereocenters. The summed E-state index contributed by atoms with van der Waals surface area (Å²) >= 11 is 0. The van der Waals surface area contributed by atoms with Crippen LogP contribution < -0.4 is 9.64 Å². The number of piperidine rings is 3. The predicted molar refractivity (Wildman–Crippen MR) is 138 cm³/mol. The number of fused-ring (bicyclic) bond motifs is 3. The third-order valence-electron chi connectivity index (χ3n) is 7.82. The first-order valence-electron chi connectivity index (χ1n) is 13.2. The van der Waals surface area contributed by atoms with Crippen molar-refractivity contribution < 1.29 is 36.3 Å². The highest BCUT2D eigenvalue weighted by Crippen LogP contribution is 2.36. The fraction of sp³-hybridized carbons (Fsp3) is 0.367. The second-order valence-electron chi connectivity index (χ2n) is 10.4. The van der Waals surface area contributed by atoms with Gasteiger partial charge in [-0.2, -0.15) is 0 Å². The minimum atomic E-state index is -0.941. The maximum Gasteiger partial charge on any atom is 0.415 e. The highest BCUT2D eigenvalue weighted by Gasteiger charge is 2.47. The van der Waals surface area contributed by atoms with Crippen molar-refractivity contribution in [1.82, 2.24) is 0 Å². The Hall–Kier alpha value is -3.59. The molecule has 3 aromatic carbocycles. The molecular weight excluding hydrogens is 512 g/mol. The maximum absolute atomic E-state index is 14.0. The highest BCUT2D eigenvalue weighted by atomic mass is 19.2. The molecule has 3 aromatic rings. The van der Waals surface area contributed by atoms with Gasteiger partial charge in [-0.1, -0.05) is 18.2 Å². The molecule has 3 heterocycles. The van der Waals surface area contributed by atoms with Crippen LogP contribution in [0.5, 0.6) is 5.75 Å². The van der Waals surface area contributed by atoms with Crippen LogP contribution >= 0.6 is 0 Å². The molecule has 2 bridgehead atoms. The zero-order valence-corrected chi connectivity index (χ0v) is 21.5. The number of rotatable bonds is 9. The van der Waals surface area contributed by atoms with Crippen molar-refractivity contribution in [2.75, 3.05) is 37.7 Å². The number of quaternary nitrogens is 1. The number of amides is 1. The number of carbonyl (C=O) groups excluding carboxylic acids is 1. The van der Waals surface area contributed by atoms with Gasteiger partial charge >= 0.3 is 6.09 Å². The van der Waals surface area contributed by atoms with Gasteiger partial charge < -0.3 is 14.0 Å². The average Bonchev–Trinajstić information content (AvgIpc) is 2.93. The molecule has 0 aromatic heterocycles. The molecule has 0 unspecified atom stereocenters. The predicted octanol–water partition coefficient (Wildman–Crippen LogP) is 6.46. The minimum Gasteiger partial charge on any atom is -0.493 e. The SMILES string of the molecule is O=C(O[C@H]1C[N+]2(CCCOc3ccc(F)c(F)c3)CCC1CC2)N(Cc1ccc(F)cc1)c1cccc(F)c1. The molecule has 6 rings (SSSR count). The van der Waals surface area contributed by atoms with Gasteiger partial charge in [-0.25, -0.2) is 22.4 Å². The molecule has 9 heteroatoms. The quantitative estimate of drug-likeness (QED) is 0.177. The van der Waals surface area contributed by atoms with Crippen molar-refractivity contribution >= 4 is 11.8 Å². The van der Waals surface area contributed by atoms with Crippen molar-refractivity contribution in [2.24, 2.45) is 5.92 Å². The molecule has 0 N–H and O–H groups in total. The molecule has 3 aliphatic rings. The van der Waals surface area contributed by atoms with Crippen LogP contribution in [-0.2, 0) is 11.3 Å². The summed E-state index contributed by atoms with van der Waals surface area (Å²) in [5.74, 6) is -2.16. The van der Waals surface area contributed by atoms with E-state index in [9.17, 15) is 22.4 Å². The lowest BCUT2D eigenvalue weighted by Gasteiger charge is -2.52. The van der Waals surface area contributed by atoms with Crippen LogP contribution in [0.1, 0.15) is 24.8 Å². The first-order valence-corrected chi connectivity index (χ1v) is 13.2. The van der Waals surface area contributed by atoms with Crippen LogP contribution in [-0.4, -0.2) is 49.5 Å². The number of hydrogen-bond donors (Lipinski definition) is 0. The van der Waals surface area contributed by atoms with Crippen LogP contribution in [0.4, 0.5) is 28.0 Å². The van der Waals surface area contributed by atoms with Crippen LogP contribution in [0.25, 0.3) is 0 Å². The molecule has 0 saturated carbocycles. The lowest BCUT2D eigenvalue weighted by molar-refractivity contribution is -0.946. The molecule has 5 nitrogen and oxygen atoms in total. The monoisotopic (exact) mass is 543 g/mol. The molecule has 1 amide bonds. The number of ether oxygens (including phenoxy) is 2. The van der Waals surface area contributed by atoms with Gasteiger partial charge in [0.15, 0.2) is 17.7 Å². The van der Waals surface area contributed by atoms with Gasteiger partial charge in [0.25, 0.3) is 0 Å². The van der Waals surface area contributed by atoms with Crippen LogP contribution in [0, 0.1) is 29.2 Å². The fourth-order valence-electron chi connectivity index (χ4n) is 5.70. The van der Waals surface area contributed by atoms with Gasteiger partial charge in [-0.3, -0.25) is 4.90 Å². The molecular formula is C30H31F4N2O3+. The summed E-state index contributed by atoms with van der Waals surface area (Å²) < 4.78 is 66.5. The van der Waals surface area contributed by atoms with Crippen molar-refractivity contribution in [3.8, 4) is 5.75 Å².